The molecule has 10 heteroatoms. The van der Waals surface area contributed by atoms with Crippen molar-refractivity contribution in [3.05, 3.63) is 35.4 Å². The number of carbonyl (C=O) groups excluding carboxylic acids is 5. The van der Waals surface area contributed by atoms with Crippen molar-refractivity contribution in [1.82, 2.24) is 20.3 Å². The number of ketones is 2. The van der Waals surface area contributed by atoms with E-state index in [2.05, 4.69) is 10.6 Å². The number of benzene rings is 1. The van der Waals surface area contributed by atoms with Gasteiger partial charge in [-0.15, -0.1) is 0 Å². The minimum atomic E-state index is -0.821. The molecule has 0 bridgehead atoms. The Morgan fingerprint density at radius 2 is 1.76 bits per heavy atom. The molecule has 3 amide bonds. The highest BCUT2D eigenvalue weighted by Gasteiger charge is 2.44. The minimum absolute atomic E-state index is 0.0345. The third kappa shape index (κ3) is 6.86. The number of rotatable bonds is 9. The molecule has 1 aromatic rings. The van der Waals surface area contributed by atoms with Gasteiger partial charge in [-0.1, -0.05) is 37.1 Å². The van der Waals surface area contributed by atoms with Crippen LogP contribution in [0.15, 0.2) is 24.3 Å². The first-order chi connectivity index (χ1) is 17.5. The van der Waals surface area contributed by atoms with E-state index < -0.39 is 24.0 Å². The maximum absolute atomic E-state index is 13.6. The van der Waals surface area contributed by atoms with Gasteiger partial charge in [0.1, 0.15) is 29.6 Å². The quantitative estimate of drug-likeness (QED) is 0.385. The van der Waals surface area contributed by atoms with Crippen LogP contribution in [0.5, 0.6) is 0 Å². The summed E-state index contributed by atoms with van der Waals surface area (Å²) in [6, 6.07) is 5.13. The van der Waals surface area contributed by atoms with E-state index in [-0.39, 0.29) is 41.9 Å². The topological polar surface area (TPSA) is 116 Å². The molecule has 2 N–H and O–H groups in total. The zero-order valence-corrected chi connectivity index (χ0v) is 22.2. The highest BCUT2D eigenvalue weighted by molar-refractivity contribution is 6.07. The van der Waals surface area contributed by atoms with Crippen LogP contribution in [0, 0.1) is 0 Å². The highest BCUT2D eigenvalue weighted by Crippen LogP contribution is 2.31. The average Bonchev–Trinajstić information content (AvgIpc) is 3.25. The van der Waals surface area contributed by atoms with Gasteiger partial charge in [-0.2, -0.15) is 0 Å². The molecule has 2 heterocycles. The minimum Gasteiger partial charge on any atom is -0.350 e. The Morgan fingerprint density at radius 3 is 2.41 bits per heavy atom. The molecule has 0 unspecified atom stereocenters. The molecule has 0 spiro atoms. The second-order valence-corrected chi connectivity index (χ2v) is 10.3. The summed E-state index contributed by atoms with van der Waals surface area (Å²) in [4.78, 5) is 66.3. The zero-order chi connectivity index (χ0) is 27.3. The van der Waals surface area contributed by atoms with Crippen LogP contribution in [0.3, 0.4) is 0 Å². The number of Topliss-reactive ketones (excluding diaryl/α,β-unsaturated/α-hetero) is 2. The van der Waals surface area contributed by atoms with Crippen LogP contribution in [0.2, 0.25) is 0 Å². The third-order valence-electron chi connectivity index (χ3n) is 7.51. The summed E-state index contributed by atoms with van der Waals surface area (Å²) in [5.74, 6) is -2.08. The van der Waals surface area contributed by atoms with Gasteiger partial charge < -0.3 is 20.3 Å². The molecular weight excluding hydrogens is 471 g/mol. The lowest BCUT2D eigenvalue weighted by Gasteiger charge is -2.35. The number of nitrogens with zero attached hydrogens (tertiary/aromatic N) is 2. The SMILES string of the molecule is [B]N(C)[C@@H](C)C(=O)N[C@H]1CCCC[C@H]2CC[C@@H](C(=O)NCc3cccc(C(C(C)=O)C(C)=O)c3)N2C1=O. The monoisotopic (exact) mass is 508 g/mol. The van der Waals surface area contributed by atoms with Gasteiger partial charge in [0.2, 0.25) is 17.7 Å². The fourth-order valence-corrected chi connectivity index (χ4v) is 5.35. The van der Waals surface area contributed by atoms with Crippen LogP contribution in [-0.4, -0.2) is 78.2 Å². The normalized spacial score (nSPS) is 22.7. The van der Waals surface area contributed by atoms with Gasteiger partial charge in [0.25, 0.3) is 0 Å². The smallest absolute Gasteiger partial charge is 0.246 e. The molecule has 2 aliphatic heterocycles. The van der Waals surface area contributed by atoms with Gasteiger partial charge in [0, 0.05) is 12.6 Å². The van der Waals surface area contributed by atoms with Crippen molar-refractivity contribution < 1.29 is 24.0 Å². The summed E-state index contributed by atoms with van der Waals surface area (Å²) in [5.41, 5.74) is 1.36. The summed E-state index contributed by atoms with van der Waals surface area (Å²) < 4.78 is 0. The molecule has 198 valence electrons. The molecule has 2 radical (unpaired) electrons. The van der Waals surface area contributed by atoms with Crippen LogP contribution in [-0.2, 0) is 30.5 Å². The highest BCUT2D eigenvalue weighted by atomic mass is 16.2. The van der Waals surface area contributed by atoms with Gasteiger partial charge in [-0.25, -0.2) is 0 Å². The Hall–Kier alpha value is -3.01. The summed E-state index contributed by atoms with van der Waals surface area (Å²) in [5, 5.41) is 5.77. The summed E-state index contributed by atoms with van der Waals surface area (Å²) in [6.07, 6.45) is 4.38. The number of nitrogens with one attached hydrogen (secondary N) is 2. The molecule has 1 aromatic carbocycles. The average molecular weight is 508 g/mol. The van der Waals surface area contributed by atoms with Crippen LogP contribution < -0.4 is 10.6 Å². The number of fused-ring (bicyclic) bond motifs is 1. The van der Waals surface area contributed by atoms with Gasteiger partial charge in [-0.3, -0.25) is 24.0 Å². The molecule has 0 saturated carbocycles. The number of hydrogen-bond acceptors (Lipinski definition) is 6. The molecule has 3 rings (SSSR count). The van der Waals surface area contributed by atoms with Gasteiger partial charge in [0.15, 0.2) is 7.98 Å². The maximum Gasteiger partial charge on any atom is 0.246 e. The van der Waals surface area contributed by atoms with Crippen LogP contribution in [0.4, 0.5) is 0 Å². The summed E-state index contributed by atoms with van der Waals surface area (Å²) >= 11 is 0. The van der Waals surface area contributed by atoms with Gasteiger partial charge >= 0.3 is 0 Å². The fraction of sp³-hybridized carbons (Fsp3) is 0.593. The van der Waals surface area contributed by atoms with E-state index in [1.807, 2.05) is 6.07 Å². The molecule has 9 nitrogen and oxygen atoms in total. The van der Waals surface area contributed by atoms with Crippen molar-refractivity contribution in [3.8, 4) is 0 Å². The number of likely N-dealkylation sites (N-methyl/N-ethyl adjacent to an activating group) is 1. The Balaban J connectivity index is 1.71. The van der Waals surface area contributed by atoms with Crippen LogP contribution in [0.1, 0.15) is 76.3 Å². The van der Waals surface area contributed by atoms with Crippen LogP contribution in [0.25, 0.3) is 0 Å². The maximum atomic E-state index is 13.6. The van der Waals surface area contributed by atoms with Crippen molar-refractivity contribution in [3.63, 3.8) is 0 Å². The molecular formula is C27H37BN4O5. The third-order valence-corrected chi connectivity index (χ3v) is 7.51. The van der Waals surface area contributed by atoms with E-state index in [0.717, 1.165) is 31.2 Å². The van der Waals surface area contributed by atoms with Crippen molar-refractivity contribution in [1.29, 1.82) is 0 Å². The molecule has 2 fully saturated rings. The van der Waals surface area contributed by atoms with E-state index in [1.165, 1.54) is 18.7 Å². The molecule has 37 heavy (non-hydrogen) atoms. The summed E-state index contributed by atoms with van der Waals surface area (Å²) in [6.45, 7) is 4.66. The van der Waals surface area contributed by atoms with E-state index in [0.29, 0.717) is 18.4 Å². The fourth-order valence-electron chi connectivity index (χ4n) is 5.35. The van der Waals surface area contributed by atoms with Gasteiger partial charge in [-0.05, 0) is 64.6 Å². The van der Waals surface area contributed by atoms with E-state index in [4.69, 9.17) is 7.98 Å². The van der Waals surface area contributed by atoms with E-state index in [1.54, 1.807) is 37.1 Å². The molecule has 2 saturated heterocycles. The Labute approximate surface area is 220 Å². The largest absolute Gasteiger partial charge is 0.350 e. The summed E-state index contributed by atoms with van der Waals surface area (Å²) in [7, 11) is 7.30. The molecule has 0 aromatic heterocycles. The lowest BCUT2D eigenvalue weighted by atomic mass is 9.91. The van der Waals surface area contributed by atoms with Gasteiger partial charge in [0.05, 0.1) is 6.04 Å². The Morgan fingerprint density at radius 1 is 1.08 bits per heavy atom. The second kappa shape index (κ2) is 12.5. The molecule has 2 aliphatic rings. The Bertz CT molecular complexity index is 1030. The van der Waals surface area contributed by atoms with Crippen molar-refractivity contribution in [2.24, 2.45) is 0 Å². The predicted molar refractivity (Wildman–Crippen MR) is 139 cm³/mol. The van der Waals surface area contributed by atoms with Crippen LogP contribution >= 0.6 is 0 Å². The number of hydrogen-bond donors (Lipinski definition) is 2. The first-order valence-corrected chi connectivity index (χ1v) is 13.0. The molecule has 4 atom stereocenters. The number of carbonyl (C=O) groups is 5. The molecule has 0 aliphatic carbocycles. The lowest BCUT2D eigenvalue weighted by molar-refractivity contribution is -0.144. The first-order valence-electron chi connectivity index (χ1n) is 13.0. The van der Waals surface area contributed by atoms with E-state index in [9.17, 15) is 24.0 Å². The predicted octanol–water partition coefficient (Wildman–Crippen LogP) is 1.39. The van der Waals surface area contributed by atoms with Crippen molar-refractivity contribution in [2.45, 2.75) is 95.9 Å². The first kappa shape index (κ1) is 28.6. The lowest BCUT2D eigenvalue weighted by Crippen LogP contribution is -2.58. The van der Waals surface area contributed by atoms with E-state index >= 15 is 0 Å². The number of amides is 3. The van der Waals surface area contributed by atoms with Crippen molar-refractivity contribution in [2.75, 3.05) is 7.05 Å². The standard InChI is InChI=1S/C27H37BN4O5/c1-16(31(4)28)25(35)30-22-11-6-5-10-21-12-13-23(32(21)27(22)37)26(36)29-15-19-8-7-9-20(14-19)24(17(2)33)18(3)34/h7-9,14,16,21-24H,5-6,10-13,15H2,1-4H3,(H,29,36)(H,30,35)/t16-,21-,22-,23-/m0/s1. The Kier molecular flexibility index (Phi) is 9.65. The second-order valence-electron chi connectivity index (χ2n) is 10.3. The zero-order valence-electron chi connectivity index (χ0n) is 22.2. The van der Waals surface area contributed by atoms with Crippen molar-refractivity contribution >= 4 is 37.3 Å².